The molecule has 0 aliphatic carbocycles. The van der Waals surface area contributed by atoms with Gasteiger partial charge in [0, 0.05) is 20.3 Å². The van der Waals surface area contributed by atoms with E-state index in [1.165, 1.54) is 5.56 Å². The summed E-state index contributed by atoms with van der Waals surface area (Å²) in [5, 5.41) is 9.06. The average Bonchev–Trinajstić information content (AvgIpc) is 2.56. The maximum Gasteiger partial charge on any atom is 0.268 e. The lowest BCUT2D eigenvalue weighted by Gasteiger charge is -2.13. The SMILES string of the molecule is CCc1ccc(-c2ccc(C#N)c(=O)n2CCCOC)cc1. The summed E-state index contributed by atoms with van der Waals surface area (Å²) in [6.45, 7) is 3.22. The fourth-order valence-electron chi connectivity index (χ4n) is 2.42. The number of aromatic nitrogens is 1. The minimum atomic E-state index is -0.240. The van der Waals surface area contributed by atoms with Crippen LogP contribution in [0.4, 0.5) is 0 Å². The summed E-state index contributed by atoms with van der Waals surface area (Å²) in [7, 11) is 1.64. The molecule has 0 aliphatic heterocycles. The van der Waals surface area contributed by atoms with E-state index in [2.05, 4.69) is 19.1 Å². The Morgan fingerprint density at radius 3 is 2.50 bits per heavy atom. The normalized spacial score (nSPS) is 10.4. The molecule has 22 heavy (non-hydrogen) atoms. The Kier molecular flexibility index (Phi) is 5.51. The number of nitriles is 1. The average molecular weight is 296 g/mol. The van der Waals surface area contributed by atoms with Crippen LogP contribution in [0.25, 0.3) is 11.3 Å². The predicted octanol–water partition coefficient (Wildman–Crippen LogP) is 2.99. The van der Waals surface area contributed by atoms with E-state index in [0.29, 0.717) is 13.2 Å². The van der Waals surface area contributed by atoms with Gasteiger partial charge in [0.2, 0.25) is 0 Å². The summed E-state index contributed by atoms with van der Waals surface area (Å²) in [5.41, 5.74) is 3.01. The zero-order valence-electron chi connectivity index (χ0n) is 13.0. The van der Waals surface area contributed by atoms with E-state index in [0.717, 1.165) is 24.1 Å². The number of pyridine rings is 1. The van der Waals surface area contributed by atoms with Crippen LogP contribution >= 0.6 is 0 Å². The van der Waals surface area contributed by atoms with Gasteiger partial charge >= 0.3 is 0 Å². The number of ether oxygens (including phenoxy) is 1. The van der Waals surface area contributed by atoms with Gasteiger partial charge in [-0.1, -0.05) is 31.2 Å². The fraction of sp³-hybridized carbons (Fsp3) is 0.333. The van der Waals surface area contributed by atoms with Gasteiger partial charge in [-0.25, -0.2) is 0 Å². The van der Waals surface area contributed by atoms with Crippen molar-refractivity contribution in [3.05, 3.63) is 57.9 Å². The minimum absolute atomic E-state index is 0.173. The summed E-state index contributed by atoms with van der Waals surface area (Å²) in [6, 6.07) is 13.6. The van der Waals surface area contributed by atoms with Gasteiger partial charge in [-0.3, -0.25) is 4.79 Å². The van der Waals surface area contributed by atoms with E-state index in [1.54, 1.807) is 17.7 Å². The molecule has 0 amide bonds. The molecule has 0 saturated heterocycles. The highest BCUT2D eigenvalue weighted by atomic mass is 16.5. The molecular weight excluding hydrogens is 276 g/mol. The smallest absolute Gasteiger partial charge is 0.268 e. The van der Waals surface area contributed by atoms with E-state index in [4.69, 9.17) is 10.00 Å². The van der Waals surface area contributed by atoms with E-state index < -0.39 is 0 Å². The summed E-state index contributed by atoms with van der Waals surface area (Å²) in [5.74, 6) is 0. The molecule has 0 aliphatic rings. The van der Waals surface area contributed by atoms with Crippen LogP contribution in [-0.4, -0.2) is 18.3 Å². The van der Waals surface area contributed by atoms with Gasteiger partial charge in [-0.15, -0.1) is 0 Å². The van der Waals surface area contributed by atoms with E-state index in [9.17, 15) is 4.79 Å². The van der Waals surface area contributed by atoms with Gasteiger partial charge in [-0.05, 0) is 36.1 Å². The maximum absolute atomic E-state index is 12.4. The van der Waals surface area contributed by atoms with Crippen LogP contribution in [0.3, 0.4) is 0 Å². The quantitative estimate of drug-likeness (QED) is 0.770. The molecular formula is C18H20N2O2. The van der Waals surface area contributed by atoms with E-state index >= 15 is 0 Å². The zero-order chi connectivity index (χ0) is 15.9. The molecule has 2 aromatic rings. The molecule has 0 bridgehead atoms. The first-order valence-electron chi connectivity index (χ1n) is 7.43. The Bertz CT molecular complexity index is 724. The van der Waals surface area contributed by atoms with Crippen LogP contribution in [0.2, 0.25) is 0 Å². The van der Waals surface area contributed by atoms with Crippen molar-refractivity contribution in [1.29, 1.82) is 5.26 Å². The van der Waals surface area contributed by atoms with Crippen molar-refractivity contribution in [3.63, 3.8) is 0 Å². The minimum Gasteiger partial charge on any atom is -0.385 e. The van der Waals surface area contributed by atoms with Crippen molar-refractivity contribution in [2.75, 3.05) is 13.7 Å². The molecule has 0 atom stereocenters. The van der Waals surface area contributed by atoms with Gasteiger partial charge in [0.1, 0.15) is 11.6 Å². The molecule has 0 fully saturated rings. The molecule has 1 heterocycles. The number of hydrogen-bond donors (Lipinski definition) is 0. The Morgan fingerprint density at radius 1 is 1.18 bits per heavy atom. The zero-order valence-corrected chi connectivity index (χ0v) is 13.0. The van der Waals surface area contributed by atoms with Crippen LogP contribution in [0.15, 0.2) is 41.2 Å². The molecule has 2 rings (SSSR count). The molecule has 0 spiro atoms. The molecule has 1 aromatic heterocycles. The number of aryl methyl sites for hydroxylation is 1. The standard InChI is InChI=1S/C18H20N2O2/c1-3-14-5-7-15(8-6-14)17-10-9-16(13-19)18(21)20(17)11-4-12-22-2/h5-10H,3-4,11-12H2,1-2H3. The molecule has 0 radical (unpaired) electrons. The highest BCUT2D eigenvalue weighted by molar-refractivity contribution is 5.60. The molecule has 0 N–H and O–H groups in total. The first kappa shape index (κ1) is 16.0. The molecule has 0 saturated carbocycles. The van der Waals surface area contributed by atoms with Crippen LogP contribution in [0.5, 0.6) is 0 Å². The number of nitrogens with zero attached hydrogens (tertiary/aromatic N) is 2. The summed E-state index contributed by atoms with van der Waals surface area (Å²) >= 11 is 0. The van der Waals surface area contributed by atoms with E-state index in [1.807, 2.05) is 24.3 Å². The number of benzene rings is 1. The fourth-order valence-corrected chi connectivity index (χ4v) is 2.42. The molecule has 1 aromatic carbocycles. The predicted molar refractivity (Wildman–Crippen MR) is 86.7 cm³/mol. The van der Waals surface area contributed by atoms with Crippen molar-refractivity contribution in [3.8, 4) is 17.3 Å². The molecule has 4 heteroatoms. The van der Waals surface area contributed by atoms with Crippen LogP contribution in [0, 0.1) is 11.3 Å². The third-order valence-electron chi connectivity index (χ3n) is 3.68. The lowest BCUT2D eigenvalue weighted by Crippen LogP contribution is -2.24. The van der Waals surface area contributed by atoms with Gasteiger partial charge in [0.15, 0.2) is 0 Å². The van der Waals surface area contributed by atoms with Crippen molar-refractivity contribution >= 4 is 0 Å². The van der Waals surface area contributed by atoms with Crippen LogP contribution in [-0.2, 0) is 17.7 Å². The Hall–Kier alpha value is -2.38. The lowest BCUT2D eigenvalue weighted by atomic mass is 10.1. The second kappa shape index (κ2) is 7.58. The van der Waals surface area contributed by atoms with Crippen LogP contribution in [0.1, 0.15) is 24.5 Å². The Balaban J connectivity index is 2.46. The first-order valence-corrected chi connectivity index (χ1v) is 7.43. The van der Waals surface area contributed by atoms with Crippen molar-refractivity contribution < 1.29 is 4.74 Å². The Morgan fingerprint density at radius 2 is 1.91 bits per heavy atom. The first-order chi connectivity index (χ1) is 10.7. The third-order valence-corrected chi connectivity index (χ3v) is 3.68. The Labute approximate surface area is 130 Å². The molecule has 0 unspecified atom stereocenters. The summed E-state index contributed by atoms with van der Waals surface area (Å²) in [4.78, 5) is 12.4. The largest absolute Gasteiger partial charge is 0.385 e. The van der Waals surface area contributed by atoms with Gasteiger partial charge in [0.05, 0.1) is 5.69 Å². The number of methoxy groups -OCH3 is 1. The van der Waals surface area contributed by atoms with Gasteiger partial charge in [0.25, 0.3) is 5.56 Å². The van der Waals surface area contributed by atoms with Crippen LogP contribution < -0.4 is 5.56 Å². The van der Waals surface area contributed by atoms with Gasteiger partial charge in [-0.2, -0.15) is 5.26 Å². The monoisotopic (exact) mass is 296 g/mol. The topological polar surface area (TPSA) is 55.0 Å². The van der Waals surface area contributed by atoms with Crippen molar-refractivity contribution in [1.82, 2.24) is 4.57 Å². The number of rotatable bonds is 6. The molecule has 114 valence electrons. The lowest BCUT2D eigenvalue weighted by molar-refractivity contribution is 0.190. The second-order valence-corrected chi connectivity index (χ2v) is 5.10. The van der Waals surface area contributed by atoms with Gasteiger partial charge < -0.3 is 9.30 Å². The summed E-state index contributed by atoms with van der Waals surface area (Å²) < 4.78 is 6.72. The van der Waals surface area contributed by atoms with Crippen molar-refractivity contribution in [2.24, 2.45) is 0 Å². The second-order valence-electron chi connectivity index (χ2n) is 5.10. The summed E-state index contributed by atoms with van der Waals surface area (Å²) in [6.07, 6.45) is 1.71. The highest BCUT2D eigenvalue weighted by Crippen LogP contribution is 2.19. The molecule has 4 nitrogen and oxygen atoms in total. The maximum atomic E-state index is 12.4. The van der Waals surface area contributed by atoms with E-state index in [-0.39, 0.29) is 11.1 Å². The highest BCUT2D eigenvalue weighted by Gasteiger charge is 2.10. The third kappa shape index (κ3) is 3.44. The van der Waals surface area contributed by atoms with Crippen molar-refractivity contribution in [2.45, 2.75) is 26.3 Å². The number of hydrogen-bond acceptors (Lipinski definition) is 3.